The SMILES string of the molecule is C=CCOC(=O)CC[C@@H]1/C2=C3/c4[n-]c(c(C)c4C(=O)[C@@H]3C(=O)OCN)/C=c3\[n-]/c(c(C)c3CC)=C\c3[n-]c(c(C)c3C=C)/C=C(\[N-]2)[C@H]1C.[Mg+2]. The third-order valence-electron chi connectivity index (χ3n) is 9.79. The molecule has 2 N–H and O–H groups in total. The molecule has 11 heteroatoms. The van der Waals surface area contributed by atoms with Gasteiger partial charge in [0.25, 0.3) is 0 Å². The Balaban J connectivity index is 0.00000468. The standard InChI is InChI=1S/C38H40N5O5.Mg/c1-8-13-47-31(44)12-11-24-20(6)27-14-25-18(4)22(9-2)29(40-25)15-26-19(5)23(10-3)30(41-26)16-28-21(7)32-36(43-28)33(35(24)42-27)34(37(32)45)38(46)48-17-39;/h8-9,14-16,20,24,34H,1-2,10-13,17,39H2,3-7H3,(H-,42,43,45);/q-3;+2/p-1/b26-15-,27-14-,30-16-;/t20-,24-,34+;/m0./s1. The van der Waals surface area contributed by atoms with Gasteiger partial charge >= 0.3 is 35.0 Å². The molecule has 49 heavy (non-hydrogen) atoms. The van der Waals surface area contributed by atoms with Crippen molar-refractivity contribution in [1.29, 1.82) is 0 Å². The second kappa shape index (κ2) is 14.3. The van der Waals surface area contributed by atoms with E-state index >= 15 is 0 Å². The first-order chi connectivity index (χ1) is 23.0. The summed E-state index contributed by atoms with van der Waals surface area (Å²) in [6, 6.07) is 0. The van der Waals surface area contributed by atoms with Crippen LogP contribution in [0.15, 0.2) is 30.6 Å². The molecule has 250 valence electrons. The molecule has 3 aromatic heterocycles. The van der Waals surface area contributed by atoms with Crippen LogP contribution in [0.25, 0.3) is 35.2 Å². The van der Waals surface area contributed by atoms with Crippen LogP contribution in [0.1, 0.15) is 87.6 Å². The molecule has 5 heterocycles. The summed E-state index contributed by atoms with van der Waals surface area (Å²) in [5, 5.41) is 6.68. The summed E-state index contributed by atoms with van der Waals surface area (Å²) in [7, 11) is 0. The van der Waals surface area contributed by atoms with Gasteiger partial charge in [-0.05, 0) is 51.0 Å². The Morgan fingerprint density at radius 2 is 1.67 bits per heavy atom. The summed E-state index contributed by atoms with van der Waals surface area (Å²) < 4.78 is 10.5. The first kappa shape index (κ1) is 36.0. The summed E-state index contributed by atoms with van der Waals surface area (Å²) in [5.74, 6) is -3.39. The number of fused-ring (bicyclic) bond motifs is 7. The monoisotopic (exact) mass is 669 g/mol. The molecule has 3 aliphatic rings. The molecular weight excluding hydrogens is 631 g/mol. The zero-order valence-electron chi connectivity index (χ0n) is 28.7. The van der Waals surface area contributed by atoms with Crippen molar-refractivity contribution in [3.63, 3.8) is 0 Å². The minimum atomic E-state index is -1.29. The topological polar surface area (TPSA) is 152 Å². The van der Waals surface area contributed by atoms with Crippen LogP contribution < -0.4 is 31.4 Å². The van der Waals surface area contributed by atoms with E-state index in [1.807, 2.05) is 45.9 Å². The van der Waals surface area contributed by atoms with Gasteiger partial charge in [-0.1, -0.05) is 85.2 Å². The van der Waals surface area contributed by atoms with Crippen LogP contribution in [0.4, 0.5) is 0 Å². The van der Waals surface area contributed by atoms with E-state index in [-0.39, 0.29) is 60.6 Å². The number of hydrogen-bond donors (Lipinski definition) is 1. The molecule has 0 unspecified atom stereocenters. The van der Waals surface area contributed by atoms with E-state index in [0.29, 0.717) is 45.9 Å². The van der Waals surface area contributed by atoms with E-state index in [4.69, 9.17) is 35.5 Å². The number of rotatable bonds is 9. The Morgan fingerprint density at radius 3 is 2.35 bits per heavy atom. The fourth-order valence-electron chi connectivity index (χ4n) is 7.19. The van der Waals surface area contributed by atoms with Crippen molar-refractivity contribution in [2.24, 2.45) is 23.5 Å². The molecule has 10 nitrogen and oxygen atoms in total. The van der Waals surface area contributed by atoms with Crippen molar-refractivity contribution in [1.82, 2.24) is 15.0 Å². The number of allylic oxidation sites excluding steroid dienone is 2. The Hall–Kier alpha value is -4.32. The molecule has 0 radical (unpaired) electrons. The fraction of sp³-hybridized carbons (Fsp3) is 0.342. The second-order valence-electron chi connectivity index (χ2n) is 12.4. The predicted molar refractivity (Wildman–Crippen MR) is 189 cm³/mol. The molecule has 6 rings (SSSR count). The molecule has 3 atom stereocenters. The molecule has 0 amide bonds. The maximum Gasteiger partial charge on any atom is 2.00 e. The van der Waals surface area contributed by atoms with Crippen molar-refractivity contribution in [2.75, 3.05) is 13.3 Å². The van der Waals surface area contributed by atoms with Gasteiger partial charge < -0.3 is 29.7 Å². The number of ether oxygens (including phenoxy) is 2. The summed E-state index contributed by atoms with van der Waals surface area (Å²) in [5.41, 5.74) is 14.6. The van der Waals surface area contributed by atoms with E-state index in [1.54, 1.807) is 6.08 Å². The smallest absolute Gasteiger partial charge is 0.664 e. The quantitative estimate of drug-likeness (QED) is 0.119. The van der Waals surface area contributed by atoms with Gasteiger partial charge in [0, 0.05) is 12.0 Å². The van der Waals surface area contributed by atoms with Crippen molar-refractivity contribution in [3.8, 4) is 0 Å². The maximum absolute atomic E-state index is 14.2. The van der Waals surface area contributed by atoms with E-state index in [1.165, 1.54) is 6.08 Å². The second-order valence-corrected chi connectivity index (χ2v) is 12.4. The van der Waals surface area contributed by atoms with Gasteiger partial charge in [0.05, 0.1) is 0 Å². The molecule has 0 spiro atoms. The number of esters is 2. The molecule has 0 aromatic carbocycles. The third-order valence-corrected chi connectivity index (χ3v) is 9.79. The summed E-state index contributed by atoms with van der Waals surface area (Å²) in [6.07, 6.45) is 10.4. The van der Waals surface area contributed by atoms with E-state index in [2.05, 4.69) is 20.1 Å². The zero-order chi connectivity index (χ0) is 34.4. The van der Waals surface area contributed by atoms with Crippen molar-refractivity contribution < 1.29 is 23.9 Å². The minimum Gasteiger partial charge on any atom is -0.664 e. The zero-order valence-corrected chi connectivity index (χ0v) is 30.1. The molecule has 1 saturated heterocycles. The van der Waals surface area contributed by atoms with Gasteiger partial charge in [0.2, 0.25) is 0 Å². The van der Waals surface area contributed by atoms with Gasteiger partial charge in [0.1, 0.15) is 19.3 Å². The maximum atomic E-state index is 14.2. The van der Waals surface area contributed by atoms with Gasteiger partial charge in [-0.15, -0.1) is 33.5 Å². The van der Waals surface area contributed by atoms with E-state index in [9.17, 15) is 14.4 Å². The van der Waals surface area contributed by atoms with Crippen LogP contribution in [-0.2, 0) is 25.5 Å². The van der Waals surface area contributed by atoms with Crippen LogP contribution in [0.5, 0.6) is 0 Å². The predicted octanol–water partition coefficient (Wildman–Crippen LogP) is 3.45. The fourth-order valence-corrected chi connectivity index (χ4v) is 7.19. The minimum absolute atomic E-state index is 0. The number of hydrogen-bond acceptors (Lipinski definition) is 6. The molecule has 1 aliphatic carbocycles. The number of nitrogens with two attached hydrogens (primary N) is 1. The first-order valence-corrected chi connectivity index (χ1v) is 16.2. The number of nitrogens with zero attached hydrogens (tertiary/aromatic N) is 4. The van der Waals surface area contributed by atoms with Gasteiger partial charge in [-0.2, -0.15) is 11.4 Å². The Bertz CT molecular complexity index is 2070. The van der Waals surface area contributed by atoms with E-state index in [0.717, 1.165) is 50.8 Å². The number of ketones is 1. The Kier molecular flexibility index (Phi) is 10.5. The number of carbonyl (C=O) groups is 3. The first-order valence-electron chi connectivity index (χ1n) is 16.2. The summed E-state index contributed by atoms with van der Waals surface area (Å²) in [4.78, 5) is 55.3. The molecule has 0 saturated carbocycles. The van der Waals surface area contributed by atoms with Crippen LogP contribution in [0.3, 0.4) is 0 Å². The van der Waals surface area contributed by atoms with Crippen LogP contribution >= 0.6 is 0 Å². The van der Waals surface area contributed by atoms with Gasteiger partial charge in [-0.3, -0.25) is 20.1 Å². The van der Waals surface area contributed by atoms with Crippen molar-refractivity contribution in [3.05, 3.63) is 103 Å². The van der Waals surface area contributed by atoms with E-state index < -0.39 is 17.7 Å². The van der Waals surface area contributed by atoms with Crippen LogP contribution in [0, 0.1) is 38.5 Å². The number of Topliss-reactive ketones (excluding diaryl/α,β-unsaturated/α-hetero) is 1. The average molecular weight is 670 g/mol. The largest absolute Gasteiger partial charge is 2.00 e. The Labute approximate surface area is 301 Å². The molecule has 3 aromatic rings. The molecular formula is C38H39MgN5O5-2. The number of aromatic nitrogens is 3. The third kappa shape index (κ3) is 6.08. The van der Waals surface area contributed by atoms with Crippen LogP contribution in [0.2, 0.25) is 0 Å². The molecule has 2 aliphatic heterocycles. The Morgan fingerprint density at radius 1 is 0.959 bits per heavy atom. The van der Waals surface area contributed by atoms with Crippen molar-refractivity contribution in [2.45, 2.75) is 53.9 Å². The molecule has 8 bridgehead atoms. The van der Waals surface area contributed by atoms with Gasteiger partial charge in [-0.25, -0.2) is 0 Å². The summed E-state index contributed by atoms with van der Waals surface area (Å²) in [6.45, 7) is 17.4. The van der Waals surface area contributed by atoms with Gasteiger partial charge in [0.15, 0.2) is 5.78 Å². The van der Waals surface area contributed by atoms with Crippen molar-refractivity contribution >= 4 is 70.7 Å². The summed E-state index contributed by atoms with van der Waals surface area (Å²) >= 11 is 0. The molecule has 1 fully saturated rings. The normalized spacial score (nSPS) is 22.9. The number of carbonyl (C=O) groups excluding carboxylic acids is 3. The van der Waals surface area contributed by atoms with Crippen LogP contribution in [-0.4, -0.2) is 54.1 Å². The average Bonchev–Trinajstić information content (AvgIpc) is 3.80.